The molecule has 1 saturated carbocycles. The van der Waals surface area contributed by atoms with Crippen molar-refractivity contribution in [2.75, 3.05) is 13.7 Å². The van der Waals surface area contributed by atoms with Gasteiger partial charge < -0.3 is 19.5 Å². The van der Waals surface area contributed by atoms with Gasteiger partial charge in [-0.15, -0.1) is 0 Å². The van der Waals surface area contributed by atoms with Crippen LogP contribution in [0.15, 0.2) is 0 Å². The van der Waals surface area contributed by atoms with E-state index in [1.807, 2.05) is 6.92 Å². The molecule has 1 N–H and O–H groups in total. The monoisotopic (exact) mass is 299 g/mol. The summed E-state index contributed by atoms with van der Waals surface area (Å²) in [7, 11) is 1.29. The minimum Gasteiger partial charge on any atom is -0.464 e. The molecule has 6 nitrogen and oxygen atoms in total. The fourth-order valence-corrected chi connectivity index (χ4v) is 3.06. The second-order valence-electron chi connectivity index (χ2n) is 5.92. The first kappa shape index (κ1) is 16.1. The molecule has 2 fully saturated rings. The van der Waals surface area contributed by atoms with E-state index in [4.69, 9.17) is 9.47 Å². The maximum Gasteiger partial charge on any atom is 0.407 e. The highest BCUT2D eigenvalue weighted by Gasteiger charge is 2.42. The summed E-state index contributed by atoms with van der Waals surface area (Å²) in [5.41, 5.74) is 0. The van der Waals surface area contributed by atoms with Crippen molar-refractivity contribution in [2.45, 2.75) is 57.8 Å². The van der Waals surface area contributed by atoms with Crippen molar-refractivity contribution in [2.24, 2.45) is 11.8 Å². The van der Waals surface area contributed by atoms with Crippen LogP contribution in [0.3, 0.4) is 0 Å². The largest absolute Gasteiger partial charge is 0.464 e. The van der Waals surface area contributed by atoms with Crippen molar-refractivity contribution in [3.63, 3.8) is 0 Å². The maximum absolute atomic E-state index is 12.2. The first-order chi connectivity index (χ1) is 10.0. The lowest BCUT2D eigenvalue weighted by Crippen LogP contribution is -2.50. The van der Waals surface area contributed by atoms with Crippen molar-refractivity contribution in [1.82, 2.24) is 5.32 Å². The van der Waals surface area contributed by atoms with E-state index in [1.54, 1.807) is 6.92 Å². The van der Waals surface area contributed by atoms with E-state index in [1.165, 1.54) is 20.0 Å². The average molecular weight is 299 g/mol. The van der Waals surface area contributed by atoms with Gasteiger partial charge in [0.05, 0.1) is 25.9 Å². The van der Waals surface area contributed by atoms with E-state index in [2.05, 4.69) is 10.1 Å². The first-order valence-electron chi connectivity index (χ1n) is 7.71. The normalized spacial score (nSPS) is 30.3. The molecule has 21 heavy (non-hydrogen) atoms. The highest BCUT2D eigenvalue weighted by Crippen LogP contribution is 2.41. The smallest absolute Gasteiger partial charge is 0.407 e. The number of amides is 1. The van der Waals surface area contributed by atoms with Crippen LogP contribution < -0.4 is 5.32 Å². The first-order valence-corrected chi connectivity index (χ1v) is 7.71. The molecule has 1 amide bonds. The van der Waals surface area contributed by atoms with E-state index in [-0.39, 0.29) is 18.1 Å². The number of hydrogen-bond donors (Lipinski definition) is 1. The molecule has 0 radical (unpaired) electrons. The number of methoxy groups -OCH3 is 1. The molecule has 0 aromatic heterocycles. The van der Waals surface area contributed by atoms with Crippen LogP contribution in [0.5, 0.6) is 0 Å². The summed E-state index contributed by atoms with van der Waals surface area (Å²) in [4.78, 5) is 23.7. The van der Waals surface area contributed by atoms with Crippen molar-refractivity contribution >= 4 is 12.1 Å². The van der Waals surface area contributed by atoms with Gasteiger partial charge in [0, 0.05) is 0 Å². The molecule has 1 aliphatic carbocycles. The number of ether oxygens (including phenoxy) is 3. The van der Waals surface area contributed by atoms with Crippen molar-refractivity contribution < 1.29 is 23.8 Å². The molecule has 1 heterocycles. The van der Waals surface area contributed by atoms with Crippen LogP contribution in [-0.4, -0.2) is 44.0 Å². The van der Waals surface area contributed by atoms with Crippen molar-refractivity contribution in [3.8, 4) is 0 Å². The number of rotatable bonds is 5. The lowest BCUT2D eigenvalue weighted by Gasteiger charge is -2.37. The lowest BCUT2D eigenvalue weighted by molar-refractivity contribution is -0.150. The highest BCUT2D eigenvalue weighted by molar-refractivity contribution is 5.81. The molecule has 0 aromatic rings. The van der Waals surface area contributed by atoms with Gasteiger partial charge in [-0.1, -0.05) is 0 Å². The second kappa shape index (κ2) is 7.11. The fourth-order valence-electron chi connectivity index (χ4n) is 3.06. The Hall–Kier alpha value is -1.30. The number of esters is 1. The average Bonchev–Trinajstić information content (AvgIpc) is 3.28. The van der Waals surface area contributed by atoms with Gasteiger partial charge >= 0.3 is 12.1 Å². The van der Waals surface area contributed by atoms with Crippen LogP contribution >= 0.6 is 0 Å². The predicted octanol–water partition coefficient (Wildman–Crippen LogP) is 1.87. The lowest BCUT2D eigenvalue weighted by atomic mass is 9.84. The Balaban J connectivity index is 2.05. The minimum atomic E-state index is -0.662. The third-order valence-electron chi connectivity index (χ3n) is 4.20. The summed E-state index contributed by atoms with van der Waals surface area (Å²) < 4.78 is 15.7. The van der Waals surface area contributed by atoms with Gasteiger partial charge in [-0.05, 0) is 51.4 Å². The Morgan fingerprint density at radius 3 is 2.62 bits per heavy atom. The summed E-state index contributed by atoms with van der Waals surface area (Å²) in [5, 5.41) is 2.63. The molecule has 0 aromatic carbocycles. The molecular formula is C15H25NO5. The zero-order chi connectivity index (χ0) is 15.4. The molecule has 2 aliphatic rings. The molecule has 6 heteroatoms. The van der Waals surface area contributed by atoms with Crippen LogP contribution in [0, 0.1) is 11.8 Å². The number of hydrogen-bond acceptors (Lipinski definition) is 5. The molecule has 0 bridgehead atoms. The van der Waals surface area contributed by atoms with Crippen LogP contribution in [0.1, 0.15) is 39.5 Å². The fraction of sp³-hybridized carbons (Fsp3) is 0.867. The van der Waals surface area contributed by atoms with E-state index in [0.29, 0.717) is 12.5 Å². The molecule has 1 aliphatic heterocycles. The Morgan fingerprint density at radius 2 is 2.05 bits per heavy atom. The quantitative estimate of drug-likeness (QED) is 0.784. The summed E-state index contributed by atoms with van der Waals surface area (Å²) in [6.45, 7) is 4.07. The predicted molar refractivity (Wildman–Crippen MR) is 75.7 cm³/mol. The Bertz CT molecular complexity index is 382. The third-order valence-corrected chi connectivity index (χ3v) is 4.20. The molecule has 2 rings (SSSR count). The summed E-state index contributed by atoms with van der Waals surface area (Å²) in [6.07, 6.45) is 3.58. The van der Waals surface area contributed by atoms with Gasteiger partial charge in [0.15, 0.2) is 0 Å². The zero-order valence-corrected chi connectivity index (χ0v) is 13.0. The van der Waals surface area contributed by atoms with Gasteiger partial charge in [0.25, 0.3) is 0 Å². The van der Waals surface area contributed by atoms with Gasteiger partial charge in [0.1, 0.15) is 6.04 Å². The van der Waals surface area contributed by atoms with Gasteiger partial charge in [-0.25, -0.2) is 9.59 Å². The topological polar surface area (TPSA) is 73.9 Å². The molecule has 0 spiro atoms. The minimum absolute atomic E-state index is 0.0255. The molecule has 1 unspecified atom stereocenters. The Kier molecular flexibility index (Phi) is 5.45. The standard InChI is InChI=1S/C15H25NO5/c1-4-20-14(17)13(16-15(18)19-3)11-7-9(2)21-12(8-11)10-5-6-10/h9-13H,4-8H2,1-3H3,(H,16,18)/t9-,11+,12?,13+/m1/s1. The van der Waals surface area contributed by atoms with Crippen LogP contribution in [0.2, 0.25) is 0 Å². The second-order valence-corrected chi connectivity index (χ2v) is 5.92. The van der Waals surface area contributed by atoms with Gasteiger partial charge in [-0.2, -0.15) is 0 Å². The number of carbonyl (C=O) groups is 2. The Morgan fingerprint density at radius 1 is 1.33 bits per heavy atom. The van der Waals surface area contributed by atoms with E-state index in [0.717, 1.165) is 12.8 Å². The third kappa shape index (κ3) is 4.33. The van der Waals surface area contributed by atoms with Gasteiger partial charge in [0.2, 0.25) is 0 Å². The van der Waals surface area contributed by atoms with Crippen molar-refractivity contribution in [3.05, 3.63) is 0 Å². The van der Waals surface area contributed by atoms with E-state index >= 15 is 0 Å². The zero-order valence-electron chi connectivity index (χ0n) is 13.0. The molecule has 120 valence electrons. The number of carbonyl (C=O) groups excluding carboxylic acids is 2. The highest BCUT2D eigenvalue weighted by atomic mass is 16.5. The maximum atomic E-state index is 12.2. The number of alkyl carbamates (subject to hydrolysis) is 1. The SMILES string of the molecule is CCOC(=O)[C@@H](NC(=O)OC)[C@@H]1CC(C2CC2)O[C@H](C)C1. The summed E-state index contributed by atoms with van der Waals surface area (Å²) in [6, 6.07) is -0.662. The van der Waals surface area contributed by atoms with E-state index in [9.17, 15) is 9.59 Å². The number of nitrogens with one attached hydrogen (secondary N) is 1. The molecule has 4 atom stereocenters. The molecular weight excluding hydrogens is 274 g/mol. The molecule has 1 saturated heterocycles. The van der Waals surface area contributed by atoms with Crippen molar-refractivity contribution in [1.29, 1.82) is 0 Å². The summed E-state index contributed by atoms with van der Waals surface area (Å²) >= 11 is 0. The van der Waals surface area contributed by atoms with Crippen LogP contribution in [0.25, 0.3) is 0 Å². The van der Waals surface area contributed by atoms with E-state index < -0.39 is 18.1 Å². The van der Waals surface area contributed by atoms with Crippen LogP contribution in [0.4, 0.5) is 4.79 Å². The summed E-state index contributed by atoms with van der Waals surface area (Å²) in [5.74, 6) is 0.241. The Labute approximate surface area is 125 Å². The van der Waals surface area contributed by atoms with Crippen LogP contribution in [-0.2, 0) is 19.0 Å². The van der Waals surface area contributed by atoms with Gasteiger partial charge in [-0.3, -0.25) is 0 Å².